The second-order valence-electron chi connectivity index (χ2n) is 11.1. The highest BCUT2D eigenvalue weighted by Gasteiger charge is 2.44. The smallest absolute Gasteiger partial charge is 0.251 e. The molecule has 0 radical (unpaired) electrons. The van der Waals surface area contributed by atoms with Gasteiger partial charge in [0, 0.05) is 44.0 Å². The monoisotopic (exact) mass is 553 g/mol. The third-order valence-corrected chi connectivity index (χ3v) is 7.96. The number of aliphatic hydroxyl groups is 2. The van der Waals surface area contributed by atoms with Crippen molar-refractivity contribution >= 4 is 11.6 Å². The van der Waals surface area contributed by atoms with Gasteiger partial charge in [-0.1, -0.05) is 42.8 Å². The molecule has 0 bridgehead atoms. The minimum Gasteiger partial charge on any atom is -0.395 e. The third-order valence-electron chi connectivity index (χ3n) is 7.96. The molecule has 1 amide bonds. The molecule has 10 heteroatoms. The fraction of sp³-hybridized carbons (Fsp3) is 0.567. The van der Waals surface area contributed by atoms with Crippen molar-refractivity contribution in [2.24, 2.45) is 0 Å². The van der Waals surface area contributed by atoms with Gasteiger partial charge in [0.05, 0.1) is 38.3 Å². The van der Waals surface area contributed by atoms with Gasteiger partial charge in [0.1, 0.15) is 0 Å². The fourth-order valence-corrected chi connectivity index (χ4v) is 6.07. The van der Waals surface area contributed by atoms with Crippen LogP contribution in [0.5, 0.6) is 0 Å². The molecule has 0 spiro atoms. The molecule has 0 aromatic heterocycles. The average Bonchev–Trinajstić information content (AvgIpc) is 3.25. The molecule has 4 atom stereocenters. The topological polar surface area (TPSA) is 107 Å². The van der Waals surface area contributed by atoms with E-state index in [9.17, 15) is 15.0 Å². The average molecular weight is 554 g/mol. The summed E-state index contributed by atoms with van der Waals surface area (Å²) in [5.74, 6) is -0.233. The predicted molar refractivity (Wildman–Crippen MR) is 159 cm³/mol. The Balaban J connectivity index is 1.41. The van der Waals surface area contributed by atoms with Crippen LogP contribution in [-0.4, -0.2) is 114 Å². The van der Waals surface area contributed by atoms with Crippen LogP contribution in [0.2, 0.25) is 0 Å². The van der Waals surface area contributed by atoms with Gasteiger partial charge in [-0.3, -0.25) is 19.5 Å². The number of nitrogens with zero attached hydrogens (tertiary/aromatic N) is 4. The quantitative estimate of drug-likeness (QED) is 0.268. The number of aliphatic hydroxyl groups excluding tert-OH is 2. The molecule has 5 N–H and O–H groups in total. The Kier molecular flexibility index (Phi) is 10.9. The Morgan fingerprint density at radius 1 is 1.12 bits per heavy atom. The van der Waals surface area contributed by atoms with Crippen molar-refractivity contribution in [3.8, 4) is 0 Å². The van der Waals surface area contributed by atoms with Gasteiger partial charge in [0.15, 0.2) is 0 Å². The van der Waals surface area contributed by atoms with Gasteiger partial charge in [0.25, 0.3) is 5.91 Å². The number of amides is 1. The minimum absolute atomic E-state index is 0.0112. The number of carbonyl (C=O) groups excluding carboxylic acids is 1. The first kappa shape index (κ1) is 30.4. The van der Waals surface area contributed by atoms with Crippen molar-refractivity contribution in [3.63, 3.8) is 0 Å². The standard InChI is InChI=1S/C30H47N7O3/c1-5-13-36-21-34(3)14-12-27(36)30-35(4)33-28(37(30)15-16-38)19-31-25-11-7-10-24(18-25)29(40)32-26(20-39)23-9-6-8-22(2)17-23/h6-11,17-18,26-28,30-31,33,38-39H,5,12-16,19-21H2,1-4H3,(H,32,40)/t26-,27?,28?,30?/m0/s1. The summed E-state index contributed by atoms with van der Waals surface area (Å²) >= 11 is 0. The number of carbonyl (C=O) groups is 1. The van der Waals surface area contributed by atoms with E-state index in [0.29, 0.717) is 24.7 Å². The number of rotatable bonds is 12. The molecule has 0 aliphatic carbocycles. The molecule has 2 heterocycles. The third kappa shape index (κ3) is 7.38. The highest BCUT2D eigenvalue weighted by Crippen LogP contribution is 2.27. The molecule has 2 fully saturated rings. The molecule has 4 rings (SSSR count). The van der Waals surface area contributed by atoms with Crippen LogP contribution < -0.4 is 16.1 Å². The zero-order chi connectivity index (χ0) is 28.6. The Labute approximate surface area is 238 Å². The summed E-state index contributed by atoms with van der Waals surface area (Å²) in [7, 11) is 4.27. The summed E-state index contributed by atoms with van der Waals surface area (Å²) in [5.41, 5.74) is 6.93. The van der Waals surface area contributed by atoms with Gasteiger partial charge in [0.2, 0.25) is 0 Å². The van der Waals surface area contributed by atoms with E-state index in [0.717, 1.165) is 49.4 Å². The van der Waals surface area contributed by atoms with Crippen molar-refractivity contribution in [1.29, 1.82) is 0 Å². The van der Waals surface area contributed by atoms with Gasteiger partial charge in [-0.05, 0) is 57.1 Å². The van der Waals surface area contributed by atoms with Crippen LogP contribution in [0, 0.1) is 6.92 Å². The van der Waals surface area contributed by atoms with Gasteiger partial charge in [-0.2, -0.15) is 0 Å². The number of β-amino-alcohol motifs (C(OH)–C–C–N with tert-alkyl or cyclic N) is 1. The summed E-state index contributed by atoms with van der Waals surface area (Å²) in [6.45, 7) is 8.36. The van der Waals surface area contributed by atoms with Crippen molar-refractivity contribution in [2.75, 3.05) is 65.5 Å². The lowest BCUT2D eigenvalue weighted by molar-refractivity contribution is -0.0301. The lowest BCUT2D eigenvalue weighted by Crippen LogP contribution is -2.61. The van der Waals surface area contributed by atoms with Crippen LogP contribution in [0.1, 0.15) is 47.3 Å². The van der Waals surface area contributed by atoms with E-state index in [1.165, 1.54) is 0 Å². The molecule has 3 unspecified atom stereocenters. The lowest BCUT2D eigenvalue weighted by atomic mass is 10.0. The summed E-state index contributed by atoms with van der Waals surface area (Å²) in [6, 6.07) is 15.1. The van der Waals surface area contributed by atoms with E-state index < -0.39 is 6.04 Å². The Bertz CT molecular complexity index is 1100. The molecule has 2 aliphatic rings. The zero-order valence-corrected chi connectivity index (χ0v) is 24.4. The fourth-order valence-electron chi connectivity index (χ4n) is 6.07. The SMILES string of the molecule is CCCN1CN(C)CCC1C1N(C)NC(CNc2cccc(C(=O)N[C@@H](CO)c3cccc(C)c3)c2)N1CCO. The Morgan fingerprint density at radius 2 is 1.93 bits per heavy atom. The molecule has 2 aromatic carbocycles. The Hall–Kier alpha value is -2.57. The van der Waals surface area contributed by atoms with E-state index in [1.54, 1.807) is 6.07 Å². The van der Waals surface area contributed by atoms with Gasteiger partial charge >= 0.3 is 0 Å². The largest absolute Gasteiger partial charge is 0.395 e. The molecule has 10 nitrogen and oxygen atoms in total. The molecule has 2 aromatic rings. The van der Waals surface area contributed by atoms with E-state index in [1.807, 2.05) is 49.4 Å². The van der Waals surface area contributed by atoms with Gasteiger partial charge in [-0.15, -0.1) is 0 Å². The van der Waals surface area contributed by atoms with Gasteiger partial charge in [-0.25, -0.2) is 10.4 Å². The highest BCUT2D eigenvalue weighted by molar-refractivity contribution is 5.95. The van der Waals surface area contributed by atoms with Crippen LogP contribution in [0.15, 0.2) is 48.5 Å². The number of hydrogen-bond donors (Lipinski definition) is 5. The number of hydrogen-bond acceptors (Lipinski definition) is 9. The van der Waals surface area contributed by atoms with E-state index in [2.05, 4.69) is 56.8 Å². The van der Waals surface area contributed by atoms with Crippen LogP contribution in [0.25, 0.3) is 0 Å². The van der Waals surface area contributed by atoms with Crippen molar-refractivity contribution < 1.29 is 15.0 Å². The second kappa shape index (κ2) is 14.4. The first-order valence-electron chi connectivity index (χ1n) is 14.4. The van der Waals surface area contributed by atoms with Crippen LogP contribution in [0.3, 0.4) is 0 Å². The first-order valence-corrected chi connectivity index (χ1v) is 14.4. The maximum atomic E-state index is 13.1. The van der Waals surface area contributed by atoms with Crippen LogP contribution >= 0.6 is 0 Å². The molecule has 2 saturated heterocycles. The summed E-state index contributed by atoms with van der Waals surface area (Å²) in [4.78, 5) is 20.4. The first-order chi connectivity index (χ1) is 19.3. The lowest BCUT2D eigenvalue weighted by Gasteiger charge is -2.46. The number of nitrogens with one attached hydrogen (secondary N) is 3. The van der Waals surface area contributed by atoms with Crippen molar-refractivity contribution in [2.45, 2.75) is 51.1 Å². The predicted octanol–water partition coefficient (Wildman–Crippen LogP) is 1.64. The van der Waals surface area contributed by atoms with E-state index >= 15 is 0 Å². The van der Waals surface area contributed by atoms with Crippen molar-refractivity contribution in [3.05, 3.63) is 65.2 Å². The maximum Gasteiger partial charge on any atom is 0.251 e. The minimum atomic E-state index is -0.474. The molecule has 220 valence electrons. The molecule has 2 aliphatic heterocycles. The Morgan fingerprint density at radius 3 is 2.65 bits per heavy atom. The summed E-state index contributed by atoms with van der Waals surface area (Å²) in [6.07, 6.45) is 2.31. The number of likely N-dealkylation sites (N-methyl/N-ethyl adjacent to an activating group) is 1. The van der Waals surface area contributed by atoms with Crippen molar-refractivity contribution in [1.82, 2.24) is 30.5 Å². The highest BCUT2D eigenvalue weighted by atomic mass is 16.3. The normalized spacial score (nSPS) is 23.8. The summed E-state index contributed by atoms with van der Waals surface area (Å²) in [5, 5.41) is 28.5. The molecular formula is C30H47N7O3. The van der Waals surface area contributed by atoms with Crippen LogP contribution in [0.4, 0.5) is 5.69 Å². The molecule has 0 saturated carbocycles. The number of hydrazine groups is 1. The number of benzene rings is 2. The number of anilines is 1. The second-order valence-corrected chi connectivity index (χ2v) is 11.1. The number of aryl methyl sites for hydroxylation is 1. The molecular weight excluding hydrogens is 506 g/mol. The van der Waals surface area contributed by atoms with E-state index in [4.69, 9.17) is 0 Å². The summed E-state index contributed by atoms with van der Waals surface area (Å²) < 4.78 is 0. The zero-order valence-electron chi connectivity index (χ0n) is 24.4. The van der Waals surface area contributed by atoms with Crippen LogP contribution in [-0.2, 0) is 0 Å². The molecule has 40 heavy (non-hydrogen) atoms. The van der Waals surface area contributed by atoms with Gasteiger partial charge < -0.3 is 20.8 Å². The van der Waals surface area contributed by atoms with E-state index in [-0.39, 0.29) is 31.5 Å². The maximum absolute atomic E-state index is 13.1.